The largest absolute Gasteiger partial charge is 0.383 e. The monoisotopic (exact) mass is 482 g/mol. The topological polar surface area (TPSA) is 15.7 Å². The molecule has 0 radical (unpaired) electrons. The first-order valence-electron chi connectivity index (χ1n) is 12.0. The number of piperidine rings is 1. The van der Waals surface area contributed by atoms with Crippen molar-refractivity contribution in [2.75, 3.05) is 46.4 Å². The Morgan fingerprint density at radius 1 is 1.10 bits per heavy atom. The predicted octanol–water partition coefficient (Wildman–Crippen LogP) is 5.76. The molecule has 1 aromatic rings. The molecule has 1 heterocycles. The van der Waals surface area contributed by atoms with Crippen LogP contribution in [-0.2, 0) is 11.2 Å². The lowest BCUT2D eigenvalue weighted by molar-refractivity contribution is 0.0924. The molecule has 0 N–H and O–H groups in total. The summed E-state index contributed by atoms with van der Waals surface area (Å²) in [5.74, 6) is 1.46. The van der Waals surface area contributed by atoms with E-state index in [1.54, 1.807) is 13.2 Å². The van der Waals surface area contributed by atoms with Crippen LogP contribution in [0.5, 0.6) is 0 Å². The van der Waals surface area contributed by atoms with Gasteiger partial charge in [0.1, 0.15) is 5.82 Å². The zero-order chi connectivity index (χ0) is 21.3. The van der Waals surface area contributed by atoms with Gasteiger partial charge in [0.15, 0.2) is 0 Å². The summed E-state index contributed by atoms with van der Waals surface area (Å²) in [7, 11) is 1.80. The van der Waals surface area contributed by atoms with Crippen LogP contribution in [0.2, 0.25) is 0 Å². The minimum Gasteiger partial charge on any atom is -0.383 e. The van der Waals surface area contributed by atoms with Crippen LogP contribution in [0.1, 0.15) is 57.4 Å². The van der Waals surface area contributed by atoms with Crippen molar-refractivity contribution in [3.8, 4) is 0 Å². The van der Waals surface area contributed by atoms with Crippen molar-refractivity contribution in [1.82, 2.24) is 9.80 Å². The van der Waals surface area contributed by atoms with Crippen LogP contribution >= 0.6 is 15.9 Å². The van der Waals surface area contributed by atoms with E-state index in [0.717, 1.165) is 48.1 Å². The molecular weight excluding hydrogens is 443 g/mol. The third kappa shape index (κ3) is 7.29. The number of hydrogen-bond donors (Lipinski definition) is 0. The molecule has 0 aromatic heterocycles. The molecule has 2 aliphatic rings. The van der Waals surface area contributed by atoms with Crippen molar-refractivity contribution < 1.29 is 9.13 Å². The smallest absolute Gasteiger partial charge is 0.123 e. The van der Waals surface area contributed by atoms with Crippen LogP contribution in [0.25, 0.3) is 0 Å². The first kappa shape index (κ1) is 24.2. The fraction of sp³-hybridized carbons (Fsp3) is 0.760. The lowest BCUT2D eigenvalue weighted by atomic mass is 9.83. The summed E-state index contributed by atoms with van der Waals surface area (Å²) in [6.07, 6.45) is 10.3. The van der Waals surface area contributed by atoms with Crippen LogP contribution in [-0.4, -0.2) is 62.3 Å². The Morgan fingerprint density at radius 2 is 1.83 bits per heavy atom. The van der Waals surface area contributed by atoms with Crippen LogP contribution in [0.15, 0.2) is 22.7 Å². The molecule has 0 unspecified atom stereocenters. The van der Waals surface area contributed by atoms with Crippen LogP contribution in [0.4, 0.5) is 4.39 Å². The second kappa shape index (κ2) is 12.5. The molecule has 1 aliphatic heterocycles. The number of ether oxygens (including phenoxy) is 1. The Labute approximate surface area is 191 Å². The van der Waals surface area contributed by atoms with Crippen LogP contribution in [0, 0.1) is 17.7 Å². The van der Waals surface area contributed by atoms with E-state index in [1.807, 2.05) is 6.07 Å². The average molecular weight is 484 g/mol. The first-order chi connectivity index (χ1) is 14.6. The third-order valence-electron chi connectivity index (χ3n) is 7.40. The van der Waals surface area contributed by atoms with Gasteiger partial charge in [-0.05, 0) is 113 Å². The van der Waals surface area contributed by atoms with E-state index in [1.165, 1.54) is 70.6 Å². The molecule has 1 saturated heterocycles. The second-order valence-corrected chi connectivity index (χ2v) is 10.2. The lowest BCUT2D eigenvalue weighted by Crippen LogP contribution is -2.40. The minimum atomic E-state index is -0.124. The highest BCUT2D eigenvalue weighted by molar-refractivity contribution is 9.10. The molecule has 3 rings (SSSR count). The number of halogens is 2. The molecule has 1 saturated carbocycles. The average Bonchev–Trinajstić information content (AvgIpc) is 2.77. The summed E-state index contributed by atoms with van der Waals surface area (Å²) < 4.78 is 19.9. The summed E-state index contributed by atoms with van der Waals surface area (Å²) in [6, 6.07) is 5.83. The zero-order valence-electron chi connectivity index (χ0n) is 18.9. The maximum atomic E-state index is 13.5. The summed E-state index contributed by atoms with van der Waals surface area (Å²) in [4.78, 5) is 5.28. The fourth-order valence-corrected chi connectivity index (χ4v) is 5.80. The second-order valence-electron chi connectivity index (χ2n) is 9.31. The van der Waals surface area contributed by atoms with Gasteiger partial charge in [-0.1, -0.05) is 22.9 Å². The Bertz CT molecular complexity index is 628. The van der Waals surface area contributed by atoms with Gasteiger partial charge in [-0.15, -0.1) is 0 Å². The Kier molecular flexibility index (Phi) is 10.1. The number of rotatable bonds is 10. The van der Waals surface area contributed by atoms with E-state index in [0.29, 0.717) is 5.92 Å². The maximum Gasteiger partial charge on any atom is 0.123 e. The number of likely N-dealkylation sites (tertiary alicyclic amines) is 1. The third-order valence-corrected chi connectivity index (χ3v) is 8.17. The fourth-order valence-electron chi connectivity index (χ4n) is 5.40. The molecule has 0 bridgehead atoms. The predicted molar refractivity (Wildman–Crippen MR) is 126 cm³/mol. The maximum absolute atomic E-state index is 13.5. The summed E-state index contributed by atoms with van der Waals surface area (Å²) in [5, 5.41) is 0. The van der Waals surface area contributed by atoms with Crippen LogP contribution in [0.3, 0.4) is 0 Å². The Balaban J connectivity index is 1.33. The zero-order valence-corrected chi connectivity index (χ0v) is 20.5. The van der Waals surface area contributed by atoms with Gasteiger partial charge in [-0.2, -0.15) is 0 Å². The molecule has 2 fully saturated rings. The van der Waals surface area contributed by atoms with Crippen molar-refractivity contribution in [2.24, 2.45) is 11.8 Å². The summed E-state index contributed by atoms with van der Waals surface area (Å²) in [5.41, 5.74) is 1.12. The van der Waals surface area contributed by atoms with Gasteiger partial charge in [0.25, 0.3) is 0 Å². The molecule has 30 heavy (non-hydrogen) atoms. The molecule has 3 nitrogen and oxygen atoms in total. The van der Waals surface area contributed by atoms with E-state index < -0.39 is 0 Å². The Morgan fingerprint density at radius 3 is 2.50 bits per heavy atom. The van der Waals surface area contributed by atoms with Gasteiger partial charge in [0.2, 0.25) is 0 Å². The minimum absolute atomic E-state index is 0.124. The number of likely N-dealkylation sites (N-methyl/N-ethyl adjacent to an activating group) is 1. The first-order valence-corrected chi connectivity index (χ1v) is 12.8. The molecule has 1 aromatic carbocycles. The molecule has 1 aliphatic carbocycles. The van der Waals surface area contributed by atoms with Crippen molar-refractivity contribution in [1.29, 1.82) is 0 Å². The van der Waals surface area contributed by atoms with Crippen LogP contribution < -0.4 is 0 Å². The van der Waals surface area contributed by atoms with Crippen molar-refractivity contribution in [2.45, 2.75) is 64.3 Å². The van der Waals surface area contributed by atoms with E-state index in [2.05, 4.69) is 32.7 Å². The molecule has 0 atom stereocenters. The Hall–Kier alpha value is -0.490. The standard InChI is InChI=1S/C25H40BrFN2O/c1-3-29(16-17-30-2)24-7-4-20(5-8-24)10-13-28-14-11-21(12-15-28)18-22-19-23(27)6-9-25(22)26/h6,9,19-21,24H,3-5,7-8,10-18H2,1-2H3. The van der Waals surface area contributed by atoms with Gasteiger partial charge >= 0.3 is 0 Å². The van der Waals surface area contributed by atoms with Crippen molar-refractivity contribution in [3.63, 3.8) is 0 Å². The van der Waals surface area contributed by atoms with Gasteiger partial charge in [-0.25, -0.2) is 4.39 Å². The highest BCUT2D eigenvalue weighted by Crippen LogP contribution is 2.31. The van der Waals surface area contributed by atoms with Gasteiger partial charge in [0.05, 0.1) is 6.61 Å². The number of nitrogens with zero attached hydrogens (tertiary/aromatic N) is 2. The molecule has 0 amide bonds. The number of benzene rings is 1. The van der Waals surface area contributed by atoms with Gasteiger partial charge in [-0.3, -0.25) is 4.90 Å². The van der Waals surface area contributed by atoms with E-state index in [9.17, 15) is 4.39 Å². The molecule has 0 spiro atoms. The highest BCUT2D eigenvalue weighted by atomic mass is 79.9. The summed E-state index contributed by atoms with van der Waals surface area (Å²) >= 11 is 3.58. The summed E-state index contributed by atoms with van der Waals surface area (Å²) in [6.45, 7) is 9.00. The molecule has 170 valence electrons. The van der Waals surface area contributed by atoms with Crippen molar-refractivity contribution >= 4 is 15.9 Å². The quantitative estimate of drug-likeness (QED) is 0.421. The van der Waals surface area contributed by atoms with E-state index in [-0.39, 0.29) is 5.82 Å². The highest BCUT2D eigenvalue weighted by Gasteiger charge is 2.26. The number of methoxy groups -OCH3 is 1. The SMILES string of the molecule is CCN(CCOC)C1CCC(CCN2CCC(Cc3cc(F)ccc3Br)CC2)CC1. The van der Waals surface area contributed by atoms with E-state index >= 15 is 0 Å². The number of hydrogen-bond acceptors (Lipinski definition) is 3. The van der Waals surface area contributed by atoms with Gasteiger partial charge < -0.3 is 9.64 Å². The lowest BCUT2D eigenvalue weighted by Gasteiger charge is -2.37. The molecular formula is C25H40BrFN2O. The van der Waals surface area contributed by atoms with Crippen molar-refractivity contribution in [3.05, 3.63) is 34.1 Å². The van der Waals surface area contributed by atoms with Gasteiger partial charge in [0, 0.05) is 24.2 Å². The normalized spacial score (nSPS) is 23.9. The molecule has 5 heteroatoms. The van der Waals surface area contributed by atoms with E-state index in [4.69, 9.17) is 4.74 Å².